The zero-order chi connectivity index (χ0) is 15.1. The van der Waals surface area contributed by atoms with Crippen LogP contribution in [0.5, 0.6) is 0 Å². The van der Waals surface area contributed by atoms with Crippen molar-refractivity contribution in [3.05, 3.63) is 60.9 Å². The van der Waals surface area contributed by atoms with E-state index in [-0.39, 0.29) is 0 Å². The molecule has 0 unspecified atom stereocenters. The van der Waals surface area contributed by atoms with Crippen LogP contribution in [0.3, 0.4) is 0 Å². The second-order valence-corrected chi connectivity index (χ2v) is 5.52. The monoisotopic (exact) mass is 288 g/mol. The van der Waals surface area contributed by atoms with E-state index in [1.54, 1.807) is 0 Å². The second-order valence-electron chi connectivity index (χ2n) is 5.52. The standard InChI is InChI=1S/C18H16N4/c1-21(2)16-9-6-10-17-15(16)11-19-18-14(12-20-22(17)18)13-7-4-3-5-8-13/h3-12H,1-2H3. The van der Waals surface area contributed by atoms with Crippen molar-refractivity contribution in [2.75, 3.05) is 19.0 Å². The highest BCUT2D eigenvalue weighted by Crippen LogP contribution is 2.29. The Morgan fingerprint density at radius 3 is 2.50 bits per heavy atom. The topological polar surface area (TPSA) is 33.4 Å². The number of nitrogens with zero attached hydrogens (tertiary/aromatic N) is 4. The number of fused-ring (bicyclic) bond motifs is 3. The lowest BCUT2D eigenvalue weighted by Gasteiger charge is -2.15. The van der Waals surface area contributed by atoms with Gasteiger partial charge in [-0.2, -0.15) is 5.10 Å². The van der Waals surface area contributed by atoms with Crippen molar-refractivity contribution in [1.82, 2.24) is 14.6 Å². The van der Waals surface area contributed by atoms with Crippen LogP contribution in [0, 0.1) is 0 Å². The predicted molar refractivity (Wildman–Crippen MR) is 90.3 cm³/mol. The van der Waals surface area contributed by atoms with E-state index in [1.165, 1.54) is 0 Å². The van der Waals surface area contributed by atoms with Gasteiger partial charge in [0.25, 0.3) is 0 Å². The molecule has 0 spiro atoms. The molecule has 4 aromatic rings. The van der Waals surface area contributed by atoms with Gasteiger partial charge in [0.2, 0.25) is 0 Å². The van der Waals surface area contributed by atoms with Crippen LogP contribution >= 0.6 is 0 Å². The van der Waals surface area contributed by atoms with Crippen molar-refractivity contribution in [3.8, 4) is 11.1 Å². The van der Waals surface area contributed by atoms with Crippen LogP contribution in [0.2, 0.25) is 0 Å². The van der Waals surface area contributed by atoms with E-state index >= 15 is 0 Å². The fourth-order valence-electron chi connectivity index (χ4n) is 2.84. The summed E-state index contributed by atoms with van der Waals surface area (Å²) in [5.41, 5.74) is 5.28. The SMILES string of the molecule is CN(C)c1cccc2c1cnc1c(-c3ccccc3)cnn12. The Labute approximate surface area is 128 Å². The molecular formula is C18H16N4. The molecule has 0 saturated carbocycles. The highest BCUT2D eigenvalue weighted by Gasteiger charge is 2.12. The van der Waals surface area contributed by atoms with E-state index in [4.69, 9.17) is 0 Å². The second kappa shape index (κ2) is 4.84. The summed E-state index contributed by atoms with van der Waals surface area (Å²) in [7, 11) is 4.08. The van der Waals surface area contributed by atoms with Gasteiger partial charge in [0, 0.05) is 36.9 Å². The summed E-state index contributed by atoms with van der Waals surface area (Å²) in [6.07, 6.45) is 3.83. The Hall–Kier alpha value is -2.88. The number of rotatable bonds is 2. The van der Waals surface area contributed by atoms with Crippen molar-refractivity contribution in [2.24, 2.45) is 0 Å². The molecule has 0 N–H and O–H groups in total. The van der Waals surface area contributed by atoms with Gasteiger partial charge < -0.3 is 4.90 Å². The van der Waals surface area contributed by atoms with E-state index in [9.17, 15) is 0 Å². The average molecular weight is 288 g/mol. The molecule has 4 heteroatoms. The minimum absolute atomic E-state index is 0.884. The van der Waals surface area contributed by atoms with Crippen LogP contribution in [0.1, 0.15) is 0 Å². The van der Waals surface area contributed by atoms with Crippen LogP contribution in [0.25, 0.3) is 27.7 Å². The molecule has 0 aliphatic rings. The highest BCUT2D eigenvalue weighted by atomic mass is 15.2. The Kier molecular flexibility index (Phi) is 2.82. The summed E-state index contributed by atoms with van der Waals surface area (Å²) in [4.78, 5) is 6.76. The molecule has 0 radical (unpaired) electrons. The molecule has 2 aromatic heterocycles. The average Bonchev–Trinajstić information content (AvgIpc) is 2.99. The van der Waals surface area contributed by atoms with Gasteiger partial charge in [-0.15, -0.1) is 0 Å². The first-order valence-electron chi connectivity index (χ1n) is 7.24. The number of aromatic nitrogens is 3. The van der Waals surface area contributed by atoms with Gasteiger partial charge in [0.15, 0.2) is 5.65 Å². The Morgan fingerprint density at radius 1 is 0.909 bits per heavy atom. The van der Waals surface area contributed by atoms with Crippen molar-refractivity contribution in [1.29, 1.82) is 0 Å². The quantitative estimate of drug-likeness (QED) is 0.565. The summed E-state index contributed by atoms with van der Waals surface area (Å²) >= 11 is 0. The number of hydrogen-bond acceptors (Lipinski definition) is 3. The summed E-state index contributed by atoms with van der Waals surface area (Å²) in [6, 6.07) is 16.5. The molecule has 0 saturated heterocycles. The molecule has 0 bridgehead atoms. The molecular weight excluding hydrogens is 272 g/mol. The first-order valence-corrected chi connectivity index (χ1v) is 7.24. The van der Waals surface area contributed by atoms with Crippen molar-refractivity contribution < 1.29 is 0 Å². The van der Waals surface area contributed by atoms with Crippen molar-refractivity contribution in [2.45, 2.75) is 0 Å². The molecule has 2 aromatic carbocycles. The van der Waals surface area contributed by atoms with Crippen LogP contribution in [0.4, 0.5) is 5.69 Å². The largest absolute Gasteiger partial charge is 0.377 e. The third-order valence-electron chi connectivity index (χ3n) is 3.91. The summed E-state index contributed by atoms with van der Waals surface area (Å²) in [6.45, 7) is 0. The zero-order valence-corrected chi connectivity index (χ0v) is 12.6. The predicted octanol–water partition coefficient (Wildman–Crippen LogP) is 3.62. The molecule has 22 heavy (non-hydrogen) atoms. The fourth-order valence-corrected chi connectivity index (χ4v) is 2.84. The van der Waals surface area contributed by atoms with Crippen LogP contribution in [0.15, 0.2) is 60.9 Å². The van der Waals surface area contributed by atoms with E-state index < -0.39 is 0 Å². The molecule has 2 heterocycles. The van der Waals surface area contributed by atoms with Crippen molar-refractivity contribution >= 4 is 22.2 Å². The van der Waals surface area contributed by atoms with Gasteiger partial charge in [0.1, 0.15) is 0 Å². The smallest absolute Gasteiger partial charge is 0.163 e. The normalized spacial score (nSPS) is 11.2. The minimum Gasteiger partial charge on any atom is -0.377 e. The third-order valence-corrected chi connectivity index (χ3v) is 3.91. The van der Waals surface area contributed by atoms with Gasteiger partial charge in [-0.25, -0.2) is 9.50 Å². The van der Waals surface area contributed by atoms with Gasteiger partial charge in [-0.3, -0.25) is 0 Å². The first kappa shape index (κ1) is 12.8. The lowest BCUT2D eigenvalue weighted by Crippen LogP contribution is -2.09. The Bertz CT molecular complexity index is 955. The Balaban J connectivity index is 2.03. The molecule has 4 nitrogen and oxygen atoms in total. The molecule has 0 aliphatic carbocycles. The van der Waals surface area contributed by atoms with Crippen LogP contribution < -0.4 is 4.90 Å². The van der Waals surface area contributed by atoms with E-state index in [1.807, 2.05) is 49.2 Å². The zero-order valence-electron chi connectivity index (χ0n) is 12.6. The Morgan fingerprint density at radius 2 is 1.73 bits per heavy atom. The molecule has 0 amide bonds. The lowest BCUT2D eigenvalue weighted by atomic mass is 10.1. The minimum atomic E-state index is 0.884. The fraction of sp³-hybridized carbons (Fsp3) is 0.111. The number of benzene rings is 2. The molecule has 4 rings (SSSR count). The maximum Gasteiger partial charge on any atom is 0.163 e. The highest BCUT2D eigenvalue weighted by molar-refractivity contribution is 5.94. The van der Waals surface area contributed by atoms with Gasteiger partial charge >= 0.3 is 0 Å². The van der Waals surface area contributed by atoms with Crippen LogP contribution in [-0.4, -0.2) is 28.7 Å². The molecule has 0 atom stereocenters. The molecule has 0 aliphatic heterocycles. The van der Waals surface area contributed by atoms with Gasteiger partial charge in [0.05, 0.1) is 11.7 Å². The number of anilines is 1. The lowest BCUT2D eigenvalue weighted by molar-refractivity contribution is 0.982. The molecule has 108 valence electrons. The van der Waals surface area contributed by atoms with E-state index in [2.05, 4.69) is 45.3 Å². The summed E-state index contributed by atoms with van der Waals surface area (Å²) in [5.74, 6) is 0. The van der Waals surface area contributed by atoms with Gasteiger partial charge in [-0.1, -0.05) is 36.4 Å². The van der Waals surface area contributed by atoms with Crippen molar-refractivity contribution in [3.63, 3.8) is 0 Å². The third kappa shape index (κ3) is 1.84. The van der Waals surface area contributed by atoms with E-state index in [0.717, 1.165) is 33.4 Å². The van der Waals surface area contributed by atoms with Gasteiger partial charge in [-0.05, 0) is 17.7 Å². The maximum atomic E-state index is 4.66. The van der Waals surface area contributed by atoms with E-state index in [0.29, 0.717) is 0 Å². The maximum absolute atomic E-state index is 4.66. The van der Waals surface area contributed by atoms with Crippen LogP contribution in [-0.2, 0) is 0 Å². The summed E-state index contributed by atoms with van der Waals surface area (Å²) in [5, 5.41) is 5.66. The summed E-state index contributed by atoms with van der Waals surface area (Å²) < 4.78 is 1.92. The number of hydrogen-bond donors (Lipinski definition) is 0. The molecule has 0 fully saturated rings. The first-order chi connectivity index (χ1) is 10.8.